The van der Waals surface area contributed by atoms with Crippen molar-refractivity contribution in [2.75, 3.05) is 0 Å². The number of hydrogen-bond acceptors (Lipinski definition) is 2. The molecule has 0 aliphatic heterocycles. The molecule has 0 aliphatic carbocycles. The van der Waals surface area contributed by atoms with E-state index in [1.165, 1.54) is 11.9 Å². The molecule has 1 aromatic heterocycles. The van der Waals surface area contributed by atoms with Crippen LogP contribution in [0.5, 0.6) is 0 Å². The molecule has 20 heavy (non-hydrogen) atoms. The van der Waals surface area contributed by atoms with Gasteiger partial charge in [0.1, 0.15) is 0 Å². The third-order valence-corrected chi connectivity index (χ3v) is 3.49. The Morgan fingerprint density at radius 1 is 1.10 bits per heavy atom. The first-order valence-corrected chi connectivity index (χ1v) is 6.99. The third-order valence-electron chi connectivity index (χ3n) is 3.49. The van der Waals surface area contributed by atoms with E-state index in [0.717, 1.165) is 16.8 Å². The number of nitrogens with one attached hydrogen (secondary N) is 1. The van der Waals surface area contributed by atoms with Crippen molar-refractivity contribution in [1.82, 2.24) is 9.97 Å². The summed E-state index contributed by atoms with van der Waals surface area (Å²) >= 11 is 0. The standard InChI is InChI=1S/C17H22N2O/c1-11(2)14-15(18-10-19-16(14)20)12-6-8-13(9-7-12)17(3,4)5/h6-11H,1-5H3,(H,18,19,20). The van der Waals surface area contributed by atoms with Crippen LogP contribution >= 0.6 is 0 Å². The summed E-state index contributed by atoms with van der Waals surface area (Å²) in [6.07, 6.45) is 1.47. The molecule has 0 amide bonds. The van der Waals surface area contributed by atoms with Gasteiger partial charge in [-0.2, -0.15) is 0 Å². The summed E-state index contributed by atoms with van der Waals surface area (Å²) in [6, 6.07) is 8.33. The van der Waals surface area contributed by atoms with Gasteiger partial charge in [0, 0.05) is 11.1 Å². The second kappa shape index (κ2) is 5.23. The van der Waals surface area contributed by atoms with Crippen LogP contribution < -0.4 is 5.56 Å². The van der Waals surface area contributed by atoms with Crippen LogP contribution in [0.3, 0.4) is 0 Å². The summed E-state index contributed by atoms with van der Waals surface area (Å²) in [5.41, 5.74) is 3.87. The zero-order valence-corrected chi connectivity index (χ0v) is 12.8. The van der Waals surface area contributed by atoms with Crippen LogP contribution in [0.2, 0.25) is 0 Å². The van der Waals surface area contributed by atoms with E-state index in [0.29, 0.717) is 0 Å². The summed E-state index contributed by atoms with van der Waals surface area (Å²) in [7, 11) is 0. The molecule has 2 aromatic rings. The Morgan fingerprint density at radius 3 is 2.20 bits per heavy atom. The van der Waals surface area contributed by atoms with Gasteiger partial charge in [-0.15, -0.1) is 0 Å². The van der Waals surface area contributed by atoms with Crippen molar-refractivity contribution in [2.45, 2.75) is 46.0 Å². The average molecular weight is 270 g/mol. The lowest BCUT2D eigenvalue weighted by molar-refractivity contribution is 0.590. The summed E-state index contributed by atoms with van der Waals surface area (Å²) in [6.45, 7) is 10.6. The molecule has 0 atom stereocenters. The van der Waals surface area contributed by atoms with E-state index in [1.807, 2.05) is 26.0 Å². The fraction of sp³-hybridized carbons (Fsp3) is 0.412. The Balaban J connectivity index is 2.53. The molecule has 0 bridgehead atoms. The SMILES string of the molecule is CC(C)c1c(-c2ccc(C(C)(C)C)cc2)nc[nH]c1=O. The maximum absolute atomic E-state index is 12.0. The van der Waals surface area contributed by atoms with Crippen LogP contribution in [0, 0.1) is 0 Å². The lowest BCUT2D eigenvalue weighted by atomic mass is 9.86. The fourth-order valence-corrected chi connectivity index (χ4v) is 2.30. The van der Waals surface area contributed by atoms with Crippen molar-refractivity contribution in [3.05, 3.63) is 52.1 Å². The predicted molar refractivity (Wildman–Crippen MR) is 83.1 cm³/mol. The van der Waals surface area contributed by atoms with Gasteiger partial charge in [-0.05, 0) is 16.9 Å². The Kier molecular flexibility index (Phi) is 3.80. The number of H-pyrrole nitrogens is 1. The smallest absolute Gasteiger partial charge is 0.254 e. The highest BCUT2D eigenvalue weighted by atomic mass is 16.1. The topological polar surface area (TPSA) is 45.8 Å². The summed E-state index contributed by atoms with van der Waals surface area (Å²) in [4.78, 5) is 19.0. The molecule has 2 rings (SSSR count). The van der Waals surface area contributed by atoms with E-state index >= 15 is 0 Å². The minimum atomic E-state index is -0.0510. The van der Waals surface area contributed by atoms with Crippen LogP contribution in [0.25, 0.3) is 11.3 Å². The molecular formula is C17H22N2O. The third kappa shape index (κ3) is 2.82. The van der Waals surface area contributed by atoms with Crippen LogP contribution in [-0.4, -0.2) is 9.97 Å². The number of hydrogen-bond donors (Lipinski definition) is 1. The zero-order chi connectivity index (χ0) is 14.9. The quantitative estimate of drug-likeness (QED) is 0.900. The molecule has 106 valence electrons. The minimum absolute atomic E-state index is 0.0510. The molecule has 1 aromatic carbocycles. The molecule has 3 heteroatoms. The highest BCUT2D eigenvalue weighted by Crippen LogP contribution is 2.27. The molecule has 0 saturated carbocycles. The van der Waals surface area contributed by atoms with Crippen molar-refractivity contribution in [3.8, 4) is 11.3 Å². The second-order valence-corrected chi connectivity index (χ2v) is 6.48. The minimum Gasteiger partial charge on any atom is -0.313 e. The highest BCUT2D eigenvalue weighted by molar-refractivity contribution is 5.63. The van der Waals surface area contributed by atoms with E-state index < -0.39 is 0 Å². The first-order chi connectivity index (χ1) is 9.30. The van der Waals surface area contributed by atoms with Gasteiger partial charge >= 0.3 is 0 Å². The number of aromatic nitrogens is 2. The first kappa shape index (κ1) is 14.5. The molecule has 0 fully saturated rings. The largest absolute Gasteiger partial charge is 0.313 e. The Bertz CT molecular complexity index is 646. The molecule has 0 unspecified atom stereocenters. The Labute approximate surface area is 120 Å². The molecule has 0 radical (unpaired) electrons. The maximum Gasteiger partial charge on any atom is 0.254 e. The van der Waals surface area contributed by atoms with Gasteiger partial charge in [0.05, 0.1) is 12.0 Å². The van der Waals surface area contributed by atoms with Crippen molar-refractivity contribution < 1.29 is 0 Å². The first-order valence-electron chi connectivity index (χ1n) is 6.99. The van der Waals surface area contributed by atoms with Gasteiger partial charge in [0.15, 0.2) is 0 Å². The highest BCUT2D eigenvalue weighted by Gasteiger charge is 2.16. The monoisotopic (exact) mass is 270 g/mol. The van der Waals surface area contributed by atoms with E-state index in [4.69, 9.17) is 0 Å². The number of aromatic amines is 1. The van der Waals surface area contributed by atoms with Crippen LogP contribution in [0.1, 0.15) is 51.7 Å². The fourth-order valence-electron chi connectivity index (χ4n) is 2.30. The van der Waals surface area contributed by atoms with Crippen LogP contribution in [0.4, 0.5) is 0 Å². The van der Waals surface area contributed by atoms with Crippen molar-refractivity contribution in [3.63, 3.8) is 0 Å². The van der Waals surface area contributed by atoms with Gasteiger partial charge in [-0.25, -0.2) is 4.98 Å². The van der Waals surface area contributed by atoms with E-state index in [-0.39, 0.29) is 16.9 Å². The zero-order valence-electron chi connectivity index (χ0n) is 12.8. The van der Waals surface area contributed by atoms with Crippen LogP contribution in [-0.2, 0) is 5.41 Å². The molecule has 0 spiro atoms. The summed E-state index contributed by atoms with van der Waals surface area (Å²) in [5, 5.41) is 0. The average Bonchev–Trinajstić information content (AvgIpc) is 2.37. The molecule has 0 saturated heterocycles. The number of nitrogens with zero attached hydrogens (tertiary/aromatic N) is 1. The number of rotatable bonds is 2. The molecule has 3 nitrogen and oxygen atoms in total. The van der Waals surface area contributed by atoms with E-state index in [9.17, 15) is 4.79 Å². The van der Waals surface area contributed by atoms with E-state index in [2.05, 4.69) is 42.9 Å². The molecule has 1 N–H and O–H groups in total. The van der Waals surface area contributed by atoms with Gasteiger partial charge in [-0.1, -0.05) is 58.9 Å². The normalized spacial score (nSPS) is 11.9. The predicted octanol–water partition coefficient (Wildman–Crippen LogP) is 3.86. The van der Waals surface area contributed by atoms with Crippen molar-refractivity contribution >= 4 is 0 Å². The van der Waals surface area contributed by atoms with Crippen LogP contribution in [0.15, 0.2) is 35.4 Å². The number of benzene rings is 1. The second-order valence-electron chi connectivity index (χ2n) is 6.48. The maximum atomic E-state index is 12.0. The van der Waals surface area contributed by atoms with Crippen molar-refractivity contribution in [1.29, 1.82) is 0 Å². The molecular weight excluding hydrogens is 248 g/mol. The van der Waals surface area contributed by atoms with Gasteiger partial charge in [0.2, 0.25) is 0 Å². The van der Waals surface area contributed by atoms with Gasteiger partial charge < -0.3 is 4.98 Å². The molecule has 1 heterocycles. The Morgan fingerprint density at radius 2 is 1.70 bits per heavy atom. The summed E-state index contributed by atoms with van der Waals surface area (Å²) in [5.74, 6) is 0.143. The lowest BCUT2D eigenvalue weighted by Gasteiger charge is -2.19. The lowest BCUT2D eigenvalue weighted by Crippen LogP contribution is -2.16. The van der Waals surface area contributed by atoms with Gasteiger partial charge in [0.25, 0.3) is 5.56 Å². The van der Waals surface area contributed by atoms with Crippen molar-refractivity contribution in [2.24, 2.45) is 0 Å². The van der Waals surface area contributed by atoms with Gasteiger partial charge in [-0.3, -0.25) is 4.79 Å². The molecule has 0 aliphatic rings. The van der Waals surface area contributed by atoms with E-state index in [1.54, 1.807) is 0 Å². The Hall–Kier alpha value is -1.90. The summed E-state index contributed by atoms with van der Waals surface area (Å²) < 4.78 is 0.